The number of aromatic hydroxyl groups is 1. The number of guanidine groups is 1. The maximum absolute atomic E-state index is 12.7. The van der Waals surface area contributed by atoms with Gasteiger partial charge in [0.2, 0.25) is 0 Å². The number of phenolic OH excluding ortho intramolecular Hbond substituents is 1. The van der Waals surface area contributed by atoms with E-state index in [2.05, 4.69) is 44.6 Å². The zero-order valence-electron chi connectivity index (χ0n) is 29.6. The Hall–Kier alpha value is -3.52. The van der Waals surface area contributed by atoms with Crippen molar-refractivity contribution in [3.05, 3.63) is 23.3 Å². The highest BCUT2D eigenvalue weighted by molar-refractivity contribution is 5.77. The second kappa shape index (κ2) is 16.7. The minimum atomic E-state index is -0.973. The van der Waals surface area contributed by atoms with Gasteiger partial charge in [-0.25, -0.2) is 0 Å². The summed E-state index contributed by atoms with van der Waals surface area (Å²) in [6.45, 7) is 5.18. The van der Waals surface area contributed by atoms with Crippen LogP contribution in [0.15, 0.2) is 17.1 Å². The molecule has 4 aliphatic rings. The van der Waals surface area contributed by atoms with Crippen LogP contribution in [0.5, 0.6) is 11.5 Å². The topological polar surface area (TPSA) is 191 Å². The van der Waals surface area contributed by atoms with E-state index in [0.717, 1.165) is 31.5 Å². The normalized spacial score (nSPS) is 33.8. The monoisotopic (exact) mass is 693 g/mol. The van der Waals surface area contributed by atoms with Gasteiger partial charge in [0.1, 0.15) is 12.2 Å². The summed E-state index contributed by atoms with van der Waals surface area (Å²) in [7, 11) is 1.58. The first-order valence-corrected chi connectivity index (χ1v) is 18.0. The van der Waals surface area contributed by atoms with Crippen molar-refractivity contribution in [2.45, 2.75) is 108 Å². The van der Waals surface area contributed by atoms with Crippen LogP contribution in [-0.2, 0) is 22.6 Å². The van der Waals surface area contributed by atoms with Crippen LogP contribution in [0.2, 0.25) is 0 Å². The maximum atomic E-state index is 12.7. The fourth-order valence-corrected chi connectivity index (χ4v) is 8.18. The molecule has 0 saturated carbocycles. The second-order valence-electron chi connectivity index (χ2n) is 14.7. The molecule has 5 bridgehead atoms. The largest absolute Gasteiger partial charge is 0.504 e. The Morgan fingerprint density at radius 2 is 2.06 bits per heavy atom. The zero-order valence-corrected chi connectivity index (χ0v) is 29.6. The summed E-state index contributed by atoms with van der Waals surface area (Å²) in [6, 6.07) is 3.34. The Labute approximate surface area is 296 Å². The molecular formula is C38H55N5O7. The molecule has 9 N–H and O–H groups in total. The molecule has 0 radical (unpaired) electrons. The number of carbonyl (C=O) groups excluding carboxylic acids is 1. The van der Waals surface area contributed by atoms with E-state index in [-0.39, 0.29) is 48.8 Å². The first kappa shape index (κ1) is 37.7. The third kappa shape index (κ3) is 9.22. The molecule has 1 aromatic carbocycles. The molecule has 1 saturated heterocycles. The predicted molar refractivity (Wildman–Crippen MR) is 190 cm³/mol. The number of fused-ring (bicyclic) bond motifs is 5. The van der Waals surface area contributed by atoms with Crippen molar-refractivity contribution in [1.82, 2.24) is 16.0 Å². The van der Waals surface area contributed by atoms with Crippen LogP contribution in [0.25, 0.3) is 0 Å². The van der Waals surface area contributed by atoms with E-state index in [1.54, 1.807) is 26.1 Å². The van der Waals surface area contributed by atoms with Crippen LogP contribution in [0, 0.1) is 46.9 Å². The number of aliphatic hydroxyl groups is 3. The maximum Gasteiger partial charge on any atom is 0.302 e. The summed E-state index contributed by atoms with van der Waals surface area (Å²) in [4.78, 5) is 16.7. The number of carbonyl (C=O) groups is 1. The Bertz CT molecular complexity index is 1510. The minimum absolute atomic E-state index is 0.0463. The van der Waals surface area contributed by atoms with E-state index in [0.29, 0.717) is 56.4 Å². The van der Waals surface area contributed by atoms with Crippen LogP contribution in [-0.4, -0.2) is 95.5 Å². The van der Waals surface area contributed by atoms with Gasteiger partial charge in [0.05, 0.1) is 24.2 Å². The molecule has 1 aromatic rings. The predicted octanol–water partition coefficient (Wildman–Crippen LogP) is 1.32. The third-order valence-corrected chi connectivity index (χ3v) is 11.0. The highest BCUT2D eigenvalue weighted by atomic mass is 16.5. The highest BCUT2D eigenvalue weighted by Gasteiger charge is 2.43. The van der Waals surface area contributed by atoms with Crippen LogP contribution >= 0.6 is 0 Å². The van der Waals surface area contributed by atoms with Crippen LogP contribution < -0.4 is 26.4 Å². The number of nitrogens with zero attached hydrogens (tertiary/aromatic N) is 1. The number of benzene rings is 1. The molecule has 1 spiro atoms. The Kier molecular flexibility index (Phi) is 12.6. The van der Waals surface area contributed by atoms with E-state index < -0.39 is 41.5 Å². The van der Waals surface area contributed by atoms with Gasteiger partial charge in [0.25, 0.3) is 0 Å². The third-order valence-electron chi connectivity index (χ3n) is 11.0. The zero-order chi connectivity index (χ0) is 35.9. The van der Waals surface area contributed by atoms with Gasteiger partial charge >= 0.3 is 5.97 Å². The van der Waals surface area contributed by atoms with Gasteiger partial charge in [-0.15, -0.1) is 5.92 Å². The molecule has 274 valence electrons. The summed E-state index contributed by atoms with van der Waals surface area (Å²) in [5.74, 6) is 13.2. The van der Waals surface area contributed by atoms with Gasteiger partial charge in [-0.1, -0.05) is 17.8 Å². The number of hydrogen-bond donors (Lipinski definition) is 8. The lowest BCUT2D eigenvalue weighted by molar-refractivity contribution is -0.152. The fourth-order valence-electron chi connectivity index (χ4n) is 8.18. The molecule has 9 unspecified atom stereocenters. The van der Waals surface area contributed by atoms with Crippen molar-refractivity contribution in [3.63, 3.8) is 0 Å². The van der Waals surface area contributed by atoms with Gasteiger partial charge in [-0.2, -0.15) is 0 Å². The molecule has 5 rings (SSSR count). The van der Waals surface area contributed by atoms with E-state index in [4.69, 9.17) is 15.2 Å². The molecule has 1 aliphatic carbocycles. The number of hydrogen-bond acceptors (Lipinski definition) is 10. The molecule has 9 atom stereocenters. The van der Waals surface area contributed by atoms with E-state index >= 15 is 0 Å². The summed E-state index contributed by atoms with van der Waals surface area (Å²) < 4.78 is 12.6. The number of aliphatic hydroxyl groups excluding tert-OH is 3. The number of ether oxygens (including phenoxy) is 2. The molecule has 3 heterocycles. The SMILES string of the molecule is CN=C(N)NCC1(C(C)O)C#CC2CC3C#CCCNCC4(C3)CC(CCN4)Oc3cc(c(CO)cc3O)CC2C(OC(C)=O)CC(O)CC1. The van der Waals surface area contributed by atoms with Crippen molar-refractivity contribution in [3.8, 4) is 35.2 Å². The summed E-state index contributed by atoms with van der Waals surface area (Å²) in [5.41, 5.74) is 5.98. The van der Waals surface area contributed by atoms with Gasteiger partial charge in [0.15, 0.2) is 17.5 Å². The Morgan fingerprint density at radius 3 is 2.80 bits per heavy atom. The number of phenols is 1. The molecule has 1 fully saturated rings. The lowest BCUT2D eigenvalue weighted by Gasteiger charge is -2.43. The lowest BCUT2D eigenvalue weighted by atomic mass is 9.70. The Morgan fingerprint density at radius 1 is 1.24 bits per heavy atom. The van der Waals surface area contributed by atoms with Gasteiger partial charge in [-0.3, -0.25) is 9.79 Å². The van der Waals surface area contributed by atoms with Gasteiger partial charge in [0, 0.05) is 76.2 Å². The van der Waals surface area contributed by atoms with Crippen molar-refractivity contribution >= 4 is 11.9 Å². The molecule has 50 heavy (non-hydrogen) atoms. The lowest BCUT2D eigenvalue weighted by Crippen LogP contribution is -2.59. The number of nitrogens with one attached hydrogen (secondary N) is 3. The molecule has 12 nitrogen and oxygen atoms in total. The second-order valence-corrected chi connectivity index (χ2v) is 14.7. The van der Waals surface area contributed by atoms with E-state index in [1.165, 1.54) is 6.92 Å². The molecule has 0 aromatic heterocycles. The first-order valence-electron chi connectivity index (χ1n) is 18.0. The quantitative estimate of drug-likeness (QED) is 0.0961. The van der Waals surface area contributed by atoms with Gasteiger partial charge in [-0.05, 0) is 75.3 Å². The van der Waals surface area contributed by atoms with Crippen LogP contribution in [0.3, 0.4) is 0 Å². The first-order chi connectivity index (χ1) is 23.9. The highest BCUT2D eigenvalue weighted by Crippen LogP contribution is 2.41. The van der Waals surface area contributed by atoms with Crippen molar-refractivity contribution in [2.24, 2.45) is 33.9 Å². The average Bonchev–Trinajstić information content (AvgIpc) is 3.16. The molecular weight excluding hydrogens is 638 g/mol. The van der Waals surface area contributed by atoms with E-state index in [9.17, 15) is 25.2 Å². The Balaban J connectivity index is 1.72. The number of piperidine rings is 1. The molecule has 12 heteroatoms. The summed E-state index contributed by atoms with van der Waals surface area (Å²) in [5, 5.41) is 54.8. The standard InChI is InChI=1S/C38H55N5O7/c1-24(45)37(22-42-36(39)40-3)10-7-27-14-26-6-4-5-12-41-23-38(19-26)20-31(9-13-43-38)50-35-17-28(29(21-44)16-33(35)48)15-32(27)34(49-25(2)46)18-30(47)8-11-37/h16-17,24,26-27,30-32,34,41,43-45,47-48H,5,8-9,11-15,18-23H2,1-3H3,(H3,39,40,42). The van der Waals surface area contributed by atoms with Gasteiger partial charge < -0.3 is 51.6 Å². The average molecular weight is 694 g/mol. The molecule has 0 amide bonds. The van der Waals surface area contributed by atoms with Crippen LogP contribution in [0.1, 0.15) is 76.3 Å². The number of nitrogens with two attached hydrogens (primary N) is 1. The number of aliphatic imine (C=N–C) groups is 1. The smallest absolute Gasteiger partial charge is 0.302 e. The summed E-state index contributed by atoms with van der Waals surface area (Å²) in [6.07, 6.45) is 1.97. The summed E-state index contributed by atoms with van der Waals surface area (Å²) >= 11 is 0. The number of esters is 1. The molecule has 3 aliphatic heterocycles. The fraction of sp³-hybridized carbons (Fsp3) is 0.684. The van der Waals surface area contributed by atoms with Crippen molar-refractivity contribution < 1.29 is 34.7 Å². The minimum Gasteiger partial charge on any atom is -0.504 e. The van der Waals surface area contributed by atoms with E-state index in [1.807, 2.05) is 0 Å². The van der Waals surface area contributed by atoms with Crippen molar-refractivity contribution in [2.75, 3.05) is 33.2 Å². The number of rotatable bonds is 5. The van der Waals surface area contributed by atoms with Crippen molar-refractivity contribution in [1.29, 1.82) is 0 Å². The van der Waals surface area contributed by atoms with Crippen LogP contribution in [0.4, 0.5) is 0 Å².